The molecular formula is C16H20FNO3. The van der Waals surface area contributed by atoms with E-state index >= 15 is 0 Å². The highest BCUT2D eigenvalue weighted by molar-refractivity contribution is 5.85. The fourth-order valence-electron chi connectivity index (χ4n) is 2.74. The predicted octanol–water partition coefficient (Wildman–Crippen LogP) is 2.52. The molecular weight excluding hydrogens is 273 g/mol. The average Bonchev–Trinajstić information content (AvgIpc) is 2.49. The van der Waals surface area contributed by atoms with Crippen LogP contribution in [-0.2, 0) is 16.0 Å². The van der Waals surface area contributed by atoms with Crippen LogP contribution < -0.4 is 5.32 Å². The van der Waals surface area contributed by atoms with E-state index in [0.717, 1.165) is 32.1 Å². The predicted molar refractivity (Wildman–Crippen MR) is 76.2 cm³/mol. The maximum atomic E-state index is 13.6. The number of aliphatic carboxylic acids is 1. The second-order valence-corrected chi connectivity index (χ2v) is 5.53. The first-order valence-corrected chi connectivity index (χ1v) is 7.34. The van der Waals surface area contributed by atoms with Crippen molar-refractivity contribution >= 4 is 11.9 Å². The number of halogens is 1. The number of carbonyl (C=O) groups is 2. The number of benzene rings is 1. The Morgan fingerprint density at radius 2 is 1.90 bits per heavy atom. The monoisotopic (exact) mass is 293 g/mol. The summed E-state index contributed by atoms with van der Waals surface area (Å²) in [5, 5.41) is 11.8. The lowest BCUT2D eigenvalue weighted by molar-refractivity contribution is -0.142. The van der Waals surface area contributed by atoms with Crippen molar-refractivity contribution in [2.24, 2.45) is 5.92 Å². The maximum absolute atomic E-state index is 13.6. The standard InChI is InChI=1S/C16H20FNO3/c17-13-9-5-4-8-12(13)10-14(16(20)21)18-15(19)11-6-2-1-3-7-11/h4-5,8-9,11,14H,1-3,6-7,10H2,(H,18,19)(H,20,21)/t14-/m0/s1. The van der Waals surface area contributed by atoms with E-state index in [1.165, 1.54) is 12.1 Å². The lowest BCUT2D eigenvalue weighted by Gasteiger charge is -2.23. The van der Waals surface area contributed by atoms with Crippen molar-refractivity contribution in [3.63, 3.8) is 0 Å². The van der Waals surface area contributed by atoms with E-state index in [0.29, 0.717) is 5.56 Å². The largest absolute Gasteiger partial charge is 0.480 e. The third kappa shape index (κ3) is 4.28. The van der Waals surface area contributed by atoms with Gasteiger partial charge in [-0.2, -0.15) is 0 Å². The van der Waals surface area contributed by atoms with E-state index in [-0.39, 0.29) is 18.2 Å². The van der Waals surface area contributed by atoms with Crippen LogP contribution in [0, 0.1) is 11.7 Å². The highest BCUT2D eigenvalue weighted by Gasteiger charge is 2.27. The number of rotatable bonds is 5. The zero-order chi connectivity index (χ0) is 15.2. The second-order valence-electron chi connectivity index (χ2n) is 5.53. The van der Waals surface area contributed by atoms with Crippen molar-refractivity contribution in [1.82, 2.24) is 5.32 Å². The molecule has 1 atom stereocenters. The summed E-state index contributed by atoms with van der Waals surface area (Å²) in [4.78, 5) is 23.4. The van der Waals surface area contributed by atoms with E-state index in [1.807, 2.05) is 0 Å². The van der Waals surface area contributed by atoms with Crippen molar-refractivity contribution in [1.29, 1.82) is 0 Å². The maximum Gasteiger partial charge on any atom is 0.326 e. The molecule has 2 N–H and O–H groups in total. The van der Waals surface area contributed by atoms with Gasteiger partial charge >= 0.3 is 5.97 Å². The summed E-state index contributed by atoms with van der Waals surface area (Å²) in [7, 11) is 0. The first kappa shape index (κ1) is 15.5. The van der Waals surface area contributed by atoms with Crippen LogP contribution in [-0.4, -0.2) is 23.0 Å². The highest BCUT2D eigenvalue weighted by Crippen LogP contribution is 2.24. The molecule has 1 saturated carbocycles. The zero-order valence-electron chi connectivity index (χ0n) is 11.8. The lowest BCUT2D eigenvalue weighted by atomic mass is 9.88. The van der Waals surface area contributed by atoms with Gasteiger partial charge in [-0.05, 0) is 24.5 Å². The van der Waals surface area contributed by atoms with Crippen molar-refractivity contribution in [2.75, 3.05) is 0 Å². The van der Waals surface area contributed by atoms with Crippen molar-refractivity contribution in [3.8, 4) is 0 Å². The molecule has 0 bridgehead atoms. The molecule has 1 aliphatic rings. The Kier molecular flexibility index (Phi) is 5.31. The molecule has 2 rings (SSSR count). The molecule has 1 aromatic carbocycles. The van der Waals surface area contributed by atoms with Crippen molar-refractivity contribution in [3.05, 3.63) is 35.6 Å². The Labute approximate surface area is 123 Å². The molecule has 1 fully saturated rings. The normalized spacial score (nSPS) is 17.2. The first-order chi connectivity index (χ1) is 10.1. The van der Waals surface area contributed by atoms with Crippen molar-refractivity contribution < 1.29 is 19.1 Å². The Balaban J connectivity index is 2.00. The minimum atomic E-state index is -1.14. The molecule has 1 aliphatic carbocycles. The first-order valence-electron chi connectivity index (χ1n) is 7.34. The zero-order valence-corrected chi connectivity index (χ0v) is 11.8. The Morgan fingerprint density at radius 1 is 1.24 bits per heavy atom. The van der Waals surface area contributed by atoms with Gasteiger partial charge in [0.15, 0.2) is 0 Å². The highest BCUT2D eigenvalue weighted by atomic mass is 19.1. The summed E-state index contributed by atoms with van der Waals surface area (Å²) in [5.41, 5.74) is 0.300. The fraction of sp³-hybridized carbons (Fsp3) is 0.500. The van der Waals surface area contributed by atoms with Gasteiger partial charge in [-0.25, -0.2) is 9.18 Å². The van der Waals surface area contributed by atoms with Crippen LogP contribution in [0.2, 0.25) is 0 Å². The van der Waals surface area contributed by atoms with Gasteiger partial charge in [0.25, 0.3) is 0 Å². The third-order valence-electron chi connectivity index (χ3n) is 3.97. The molecule has 0 spiro atoms. The molecule has 21 heavy (non-hydrogen) atoms. The molecule has 0 unspecified atom stereocenters. The van der Waals surface area contributed by atoms with Gasteiger partial charge in [-0.3, -0.25) is 4.79 Å². The Bertz CT molecular complexity index is 512. The number of hydrogen-bond acceptors (Lipinski definition) is 2. The van der Waals surface area contributed by atoms with E-state index in [9.17, 15) is 19.1 Å². The number of hydrogen-bond donors (Lipinski definition) is 2. The van der Waals surface area contributed by atoms with Crippen LogP contribution >= 0.6 is 0 Å². The van der Waals surface area contributed by atoms with E-state index in [2.05, 4.69) is 5.32 Å². The quantitative estimate of drug-likeness (QED) is 0.876. The van der Waals surface area contributed by atoms with Crippen LogP contribution in [0.1, 0.15) is 37.7 Å². The smallest absolute Gasteiger partial charge is 0.326 e. The van der Waals surface area contributed by atoms with Crippen molar-refractivity contribution in [2.45, 2.75) is 44.6 Å². The number of amides is 1. The molecule has 0 aromatic heterocycles. The van der Waals surface area contributed by atoms with Gasteiger partial charge in [-0.1, -0.05) is 37.5 Å². The number of carbonyl (C=O) groups excluding carboxylic acids is 1. The third-order valence-corrected chi connectivity index (χ3v) is 3.97. The summed E-state index contributed by atoms with van der Waals surface area (Å²) >= 11 is 0. The van der Waals surface area contributed by atoms with E-state index < -0.39 is 17.8 Å². The molecule has 4 nitrogen and oxygen atoms in total. The number of carboxylic acids is 1. The summed E-state index contributed by atoms with van der Waals surface area (Å²) in [5.74, 6) is -1.92. The average molecular weight is 293 g/mol. The summed E-state index contributed by atoms with van der Waals surface area (Å²) in [6.45, 7) is 0. The van der Waals surface area contributed by atoms with Gasteiger partial charge in [0.2, 0.25) is 5.91 Å². The topological polar surface area (TPSA) is 66.4 Å². The van der Waals surface area contributed by atoms with E-state index in [1.54, 1.807) is 12.1 Å². The molecule has 0 radical (unpaired) electrons. The van der Waals surface area contributed by atoms with Crippen LogP contribution in [0.15, 0.2) is 24.3 Å². The minimum absolute atomic E-state index is 0.0412. The molecule has 0 saturated heterocycles. The molecule has 5 heteroatoms. The summed E-state index contributed by atoms with van der Waals surface area (Å²) in [6, 6.07) is 4.95. The van der Waals surface area contributed by atoms with Crippen LogP contribution in [0.25, 0.3) is 0 Å². The van der Waals surface area contributed by atoms with Crippen LogP contribution in [0.4, 0.5) is 4.39 Å². The molecule has 1 aromatic rings. The van der Waals surface area contributed by atoms with Crippen LogP contribution in [0.5, 0.6) is 0 Å². The molecule has 0 aliphatic heterocycles. The second kappa shape index (κ2) is 7.20. The SMILES string of the molecule is O=C(N[C@@H](Cc1ccccc1F)C(=O)O)C1CCCCC1. The van der Waals surface area contributed by atoms with Gasteiger partial charge < -0.3 is 10.4 Å². The Hall–Kier alpha value is -1.91. The van der Waals surface area contributed by atoms with Gasteiger partial charge in [0.05, 0.1) is 0 Å². The van der Waals surface area contributed by atoms with E-state index in [4.69, 9.17) is 0 Å². The number of carboxylic acid groups (broad SMARTS) is 1. The Morgan fingerprint density at radius 3 is 2.52 bits per heavy atom. The summed E-state index contributed by atoms with van der Waals surface area (Å²) < 4.78 is 13.6. The summed E-state index contributed by atoms with van der Waals surface area (Å²) in [6.07, 6.45) is 4.70. The molecule has 0 heterocycles. The number of nitrogens with one attached hydrogen (secondary N) is 1. The lowest BCUT2D eigenvalue weighted by Crippen LogP contribution is -2.45. The molecule has 1 amide bonds. The van der Waals surface area contributed by atoms with Gasteiger partial charge in [-0.15, -0.1) is 0 Å². The van der Waals surface area contributed by atoms with Gasteiger partial charge in [0.1, 0.15) is 11.9 Å². The molecule has 114 valence electrons. The fourth-order valence-corrected chi connectivity index (χ4v) is 2.74. The van der Waals surface area contributed by atoms with Crippen LogP contribution in [0.3, 0.4) is 0 Å². The minimum Gasteiger partial charge on any atom is -0.480 e. The van der Waals surface area contributed by atoms with Gasteiger partial charge in [0, 0.05) is 12.3 Å².